The van der Waals surface area contributed by atoms with Gasteiger partial charge in [0.1, 0.15) is 6.67 Å². The Bertz CT molecular complexity index is 835. The second-order valence-corrected chi connectivity index (χ2v) is 7.22. The van der Waals surface area contributed by atoms with Crippen molar-refractivity contribution in [3.63, 3.8) is 0 Å². The van der Waals surface area contributed by atoms with Crippen molar-refractivity contribution in [3.8, 4) is 0 Å². The van der Waals surface area contributed by atoms with Crippen molar-refractivity contribution >= 4 is 15.9 Å². The highest BCUT2D eigenvalue weighted by Gasteiger charge is 2.22. The zero-order valence-corrected chi connectivity index (χ0v) is 14.9. The van der Waals surface area contributed by atoms with Gasteiger partial charge in [0.25, 0.3) is 5.91 Å². The minimum Gasteiger partial charge on any atom is -0.349 e. The van der Waals surface area contributed by atoms with Gasteiger partial charge in [-0.1, -0.05) is 13.0 Å². The Hall–Kier alpha value is -2.26. The average molecular weight is 368 g/mol. The number of carbonyl (C=O) groups excluding carboxylic acids is 1. The molecule has 1 amide bonds. The van der Waals surface area contributed by atoms with Gasteiger partial charge in [-0.15, -0.1) is 0 Å². The molecule has 1 aromatic carbocycles. The first-order valence-electron chi connectivity index (χ1n) is 7.82. The van der Waals surface area contributed by atoms with Gasteiger partial charge in [0, 0.05) is 37.0 Å². The first-order chi connectivity index (χ1) is 11.9. The molecule has 136 valence electrons. The molecule has 0 aliphatic heterocycles. The number of nitrogens with one attached hydrogen (secondary N) is 2. The molecule has 2 aromatic rings. The quantitative estimate of drug-likeness (QED) is 0.739. The smallest absolute Gasteiger partial charge is 0.251 e. The van der Waals surface area contributed by atoms with Crippen LogP contribution in [0, 0.1) is 0 Å². The molecule has 0 saturated heterocycles. The second kappa shape index (κ2) is 8.21. The van der Waals surface area contributed by atoms with E-state index in [4.69, 9.17) is 0 Å². The van der Waals surface area contributed by atoms with Crippen LogP contribution in [-0.4, -0.2) is 37.3 Å². The van der Waals surface area contributed by atoms with Gasteiger partial charge >= 0.3 is 0 Å². The monoisotopic (exact) mass is 368 g/mol. The summed E-state index contributed by atoms with van der Waals surface area (Å²) in [6, 6.07) is 5.20. The number of carbonyl (C=O) groups is 1. The van der Waals surface area contributed by atoms with Gasteiger partial charge in [0.05, 0.1) is 11.1 Å². The predicted octanol–water partition coefficient (Wildman–Crippen LogP) is 1.55. The summed E-state index contributed by atoms with van der Waals surface area (Å²) < 4.78 is 41.7. The molecular weight excluding hydrogens is 347 g/mol. The number of halogens is 1. The fraction of sp³-hybridized carbons (Fsp3) is 0.375. The lowest BCUT2D eigenvalue weighted by molar-refractivity contribution is 0.0950. The van der Waals surface area contributed by atoms with Gasteiger partial charge in [-0.3, -0.25) is 9.48 Å². The molecule has 0 bridgehead atoms. The van der Waals surface area contributed by atoms with E-state index in [-0.39, 0.29) is 17.0 Å². The highest BCUT2D eigenvalue weighted by Crippen LogP contribution is 2.20. The molecule has 0 saturated carbocycles. The predicted molar refractivity (Wildman–Crippen MR) is 91.3 cm³/mol. The second-order valence-electron chi connectivity index (χ2n) is 5.50. The third-order valence-corrected chi connectivity index (χ3v) is 5.09. The highest BCUT2D eigenvalue weighted by atomic mass is 32.2. The topological polar surface area (TPSA) is 93.1 Å². The van der Waals surface area contributed by atoms with Gasteiger partial charge in [0.15, 0.2) is 0 Å². The summed E-state index contributed by atoms with van der Waals surface area (Å²) in [5, 5.41) is 6.42. The Morgan fingerprint density at radius 3 is 2.76 bits per heavy atom. The van der Waals surface area contributed by atoms with E-state index in [2.05, 4.69) is 15.1 Å². The minimum atomic E-state index is -3.83. The molecular formula is C16H21FN4O3S. The lowest BCUT2D eigenvalue weighted by Gasteiger charge is -2.16. The maximum atomic E-state index is 12.6. The van der Waals surface area contributed by atoms with E-state index in [1.54, 1.807) is 24.1 Å². The van der Waals surface area contributed by atoms with Crippen molar-refractivity contribution in [3.05, 3.63) is 47.8 Å². The van der Waals surface area contributed by atoms with Crippen LogP contribution in [0.2, 0.25) is 0 Å². The van der Waals surface area contributed by atoms with E-state index in [1.807, 2.05) is 6.92 Å². The summed E-state index contributed by atoms with van der Waals surface area (Å²) in [5.74, 6) is -0.519. The molecule has 0 aliphatic carbocycles. The van der Waals surface area contributed by atoms with Gasteiger partial charge in [-0.25, -0.2) is 17.5 Å². The third kappa shape index (κ3) is 4.86. The number of benzene rings is 1. The lowest BCUT2D eigenvalue weighted by Crippen LogP contribution is -2.29. The largest absolute Gasteiger partial charge is 0.349 e. The summed E-state index contributed by atoms with van der Waals surface area (Å²) in [6.07, 6.45) is 3.90. The molecule has 0 spiro atoms. The molecule has 9 heteroatoms. The standard InChI is InChI=1S/C16H21FN4O3S/c1-3-15(13-10-19-21(2)11-13)20-25(23,24)14-6-4-5-12(9-14)16(22)18-8-7-17/h4-6,9-11,15,20H,3,7-8H2,1-2H3,(H,18,22)/t15-/m0/s1. The van der Waals surface area contributed by atoms with Crippen LogP contribution in [0.1, 0.15) is 35.3 Å². The van der Waals surface area contributed by atoms with Gasteiger partial charge in [-0.05, 0) is 24.6 Å². The number of aromatic nitrogens is 2. The molecule has 1 aromatic heterocycles. The Morgan fingerprint density at radius 1 is 1.40 bits per heavy atom. The Labute approximate surface area is 146 Å². The van der Waals surface area contributed by atoms with Crippen molar-refractivity contribution < 1.29 is 17.6 Å². The molecule has 2 rings (SSSR count). The summed E-state index contributed by atoms with van der Waals surface area (Å²) >= 11 is 0. The van der Waals surface area contributed by atoms with Crippen LogP contribution in [-0.2, 0) is 17.1 Å². The van der Waals surface area contributed by atoms with Crippen molar-refractivity contribution in [1.29, 1.82) is 0 Å². The molecule has 2 N–H and O–H groups in total. The molecule has 1 heterocycles. The molecule has 0 radical (unpaired) electrons. The van der Waals surface area contributed by atoms with E-state index in [0.717, 1.165) is 5.56 Å². The Kier molecular flexibility index (Phi) is 6.27. The highest BCUT2D eigenvalue weighted by molar-refractivity contribution is 7.89. The number of rotatable bonds is 8. The zero-order valence-electron chi connectivity index (χ0n) is 14.1. The number of sulfonamides is 1. The maximum Gasteiger partial charge on any atom is 0.251 e. The minimum absolute atomic E-state index is 0.0252. The van der Waals surface area contributed by atoms with E-state index in [1.165, 1.54) is 24.3 Å². The van der Waals surface area contributed by atoms with E-state index in [9.17, 15) is 17.6 Å². The SMILES string of the molecule is CC[C@H](NS(=O)(=O)c1cccc(C(=O)NCCF)c1)c1cnn(C)c1. The number of alkyl halides is 1. The molecule has 7 nitrogen and oxygen atoms in total. The van der Waals surface area contributed by atoms with Crippen molar-refractivity contribution in [1.82, 2.24) is 19.8 Å². The van der Waals surface area contributed by atoms with Gasteiger partial charge < -0.3 is 5.32 Å². The van der Waals surface area contributed by atoms with Crippen LogP contribution in [0.15, 0.2) is 41.6 Å². The molecule has 25 heavy (non-hydrogen) atoms. The molecule has 1 atom stereocenters. The third-order valence-electron chi connectivity index (χ3n) is 3.62. The fourth-order valence-electron chi connectivity index (χ4n) is 2.33. The van der Waals surface area contributed by atoms with Crippen LogP contribution in [0.25, 0.3) is 0 Å². The van der Waals surface area contributed by atoms with Gasteiger partial charge in [0.2, 0.25) is 10.0 Å². The first kappa shape index (κ1) is 19.1. The van der Waals surface area contributed by atoms with Crippen molar-refractivity contribution in [2.45, 2.75) is 24.3 Å². The Morgan fingerprint density at radius 2 is 2.16 bits per heavy atom. The summed E-state index contributed by atoms with van der Waals surface area (Å²) in [7, 11) is -2.07. The molecule has 0 aliphatic rings. The van der Waals surface area contributed by atoms with Crippen molar-refractivity contribution in [2.24, 2.45) is 7.05 Å². The van der Waals surface area contributed by atoms with Crippen LogP contribution in [0.3, 0.4) is 0 Å². The van der Waals surface area contributed by atoms with Crippen LogP contribution in [0.4, 0.5) is 4.39 Å². The fourth-order valence-corrected chi connectivity index (χ4v) is 3.68. The number of amides is 1. The van der Waals surface area contributed by atoms with E-state index >= 15 is 0 Å². The summed E-state index contributed by atoms with van der Waals surface area (Å²) in [6.45, 7) is 1.06. The van der Waals surface area contributed by atoms with Crippen LogP contribution in [0.5, 0.6) is 0 Å². The first-order valence-corrected chi connectivity index (χ1v) is 9.30. The Balaban J connectivity index is 2.22. The van der Waals surface area contributed by atoms with E-state index < -0.39 is 28.6 Å². The number of hydrogen-bond acceptors (Lipinski definition) is 4. The van der Waals surface area contributed by atoms with Crippen molar-refractivity contribution in [2.75, 3.05) is 13.2 Å². The summed E-state index contributed by atoms with van der Waals surface area (Å²) in [5.41, 5.74) is 0.913. The normalized spacial score (nSPS) is 12.8. The summed E-state index contributed by atoms with van der Waals surface area (Å²) in [4.78, 5) is 11.9. The number of aryl methyl sites for hydroxylation is 1. The lowest BCUT2D eigenvalue weighted by atomic mass is 10.1. The maximum absolute atomic E-state index is 12.6. The van der Waals surface area contributed by atoms with Gasteiger partial charge in [-0.2, -0.15) is 5.10 Å². The van der Waals surface area contributed by atoms with Crippen LogP contribution >= 0.6 is 0 Å². The number of hydrogen-bond donors (Lipinski definition) is 2. The number of nitrogens with zero attached hydrogens (tertiary/aromatic N) is 2. The van der Waals surface area contributed by atoms with Crippen LogP contribution < -0.4 is 10.0 Å². The molecule has 0 unspecified atom stereocenters. The molecule has 0 fully saturated rings. The average Bonchev–Trinajstić information content (AvgIpc) is 3.04. The van der Waals surface area contributed by atoms with E-state index in [0.29, 0.717) is 6.42 Å². The zero-order chi connectivity index (χ0) is 18.4.